The van der Waals surface area contributed by atoms with Crippen molar-refractivity contribution in [2.24, 2.45) is 0 Å². The van der Waals surface area contributed by atoms with Crippen molar-refractivity contribution >= 4 is 16.6 Å². The molecule has 0 saturated heterocycles. The highest BCUT2D eigenvalue weighted by Crippen LogP contribution is 2.25. The molecule has 1 aromatic heterocycles. The first-order chi connectivity index (χ1) is 8.15. The van der Waals surface area contributed by atoms with E-state index in [2.05, 4.69) is 54.9 Å². The number of aromatic nitrogens is 1. The lowest BCUT2D eigenvalue weighted by Crippen LogP contribution is -2.22. The van der Waals surface area contributed by atoms with Crippen LogP contribution >= 0.6 is 0 Å². The summed E-state index contributed by atoms with van der Waals surface area (Å²) in [6.07, 6.45) is 0. The smallest absolute Gasteiger partial charge is 0.0725 e. The third-order valence-corrected chi connectivity index (χ3v) is 3.25. The van der Waals surface area contributed by atoms with Crippen LogP contribution in [0.5, 0.6) is 0 Å². The Hall–Kier alpha value is -1.57. The highest BCUT2D eigenvalue weighted by Gasteiger charge is 2.07. The lowest BCUT2D eigenvalue weighted by Gasteiger charge is -2.23. The van der Waals surface area contributed by atoms with Gasteiger partial charge >= 0.3 is 0 Å². The van der Waals surface area contributed by atoms with Gasteiger partial charge in [-0.2, -0.15) is 0 Å². The van der Waals surface area contributed by atoms with Gasteiger partial charge < -0.3 is 4.90 Å². The van der Waals surface area contributed by atoms with Gasteiger partial charge in [0.1, 0.15) is 0 Å². The average molecular weight is 228 g/mol. The molecule has 2 aromatic rings. The standard InChI is InChI=1S/C15H20N2/c1-5-17(6-2)15-10-14-13(9-11(15)3)8-7-12(4)16-14/h7-10H,5-6H2,1-4H3. The maximum atomic E-state index is 4.60. The van der Waals surface area contributed by atoms with Crippen LogP contribution in [0.15, 0.2) is 24.3 Å². The molecule has 0 radical (unpaired) electrons. The second kappa shape index (κ2) is 4.74. The molecule has 0 atom stereocenters. The highest BCUT2D eigenvalue weighted by atomic mass is 15.1. The van der Waals surface area contributed by atoms with Gasteiger partial charge in [-0.05, 0) is 51.5 Å². The van der Waals surface area contributed by atoms with Crippen LogP contribution in [0.2, 0.25) is 0 Å². The number of fused-ring (bicyclic) bond motifs is 1. The van der Waals surface area contributed by atoms with Crippen molar-refractivity contribution in [1.82, 2.24) is 4.98 Å². The van der Waals surface area contributed by atoms with E-state index in [0.717, 1.165) is 24.3 Å². The van der Waals surface area contributed by atoms with Gasteiger partial charge in [0, 0.05) is 29.9 Å². The predicted octanol–water partition coefficient (Wildman–Crippen LogP) is 3.70. The van der Waals surface area contributed by atoms with Crippen molar-refractivity contribution in [3.63, 3.8) is 0 Å². The molecule has 0 amide bonds. The van der Waals surface area contributed by atoms with E-state index in [9.17, 15) is 0 Å². The zero-order valence-electron chi connectivity index (χ0n) is 11.1. The minimum absolute atomic E-state index is 1.04. The van der Waals surface area contributed by atoms with Gasteiger partial charge in [0.25, 0.3) is 0 Å². The molecule has 0 fully saturated rings. The first-order valence-corrected chi connectivity index (χ1v) is 6.28. The zero-order chi connectivity index (χ0) is 12.4. The van der Waals surface area contributed by atoms with Crippen LogP contribution in [0, 0.1) is 13.8 Å². The first-order valence-electron chi connectivity index (χ1n) is 6.28. The van der Waals surface area contributed by atoms with Gasteiger partial charge in [0.2, 0.25) is 0 Å². The second-order valence-corrected chi connectivity index (χ2v) is 4.46. The van der Waals surface area contributed by atoms with E-state index in [1.165, 1.54) is 16.6 Å². The molecule has 0 unspecified atom stereocenters. The highest BCUT2D eigenvalue weighted by molar-refractivity contribution is 5.84. The van der Waals surface area contributed by atoms with Crippen molar-refractivity contribution in [2.75, 3.05) is 18.0 Å². The maximum absolute atomic E-state index is 4.60. The van der Waals surface area contributed by atoms with E-state index < -0.39 is 0 Å². The molecule has 17 heavy (non-hydrogen) atoms. The summed E-state index contributed by atoms with van der Waals surface area (Å²) in [4.78, 5) is 6.98. The Morgan fingerprint density at radius 1 is 1.06 bits per heavy atom. The summed E-state index contributed by atoms with van der Waals surface area (Å²) in [5, 5.41) is 1.23. The van der Waals surface area contributed by atoms with Crippen molar-refractivity contribution in [1.29, 1.82) is 0 Å². The lowest BCUT2D eigenvalue weighted by atomic mass is 10.1. The molecule has 0 saturated carbocycles. The Morgan fingerprint density at radius 3 is 2.41 bits per heavy atom. The summed E-state index contributed by atoms with van der Waals surface area (Å²) >= 11 is 0. The van der Waals surface area contributed by atoms with E-state index in [0.29, 0.717) is 0 Å². The van der Waals surface area contributed by atoms with E-state index >= 15 is 0 Å². The molecule has 90 valence electrons. The van der Waals surface area contributed by atoms with Gasteiger partial charge in [0.15, 0.2) is 0 Å². The van der Waals surface area contributed by atoms with Crippen molar-refractivity contribution in [2.45, 2.75) is 27.7 Å². The van der Waals surface area contributed by atoms with Crippen LogP contribution in [0.3, 0.4) is 0 Å². The van der Waals surface area contributed by atoms with Crippen LogP contribution in [-0.2, 0) is 0 Å². The van der Waals surface area contributed by atoms with Gasteiger partial charge in [-0.3, -0.25) is 4.98 Å². The van der Waals surface area contributed by atoms with Crippen LogP contribution in [0.1, 0.15) is 25.1 Å². The fourth-order valence-electron chi connectivity index (χ4n) is 2.28. The normalized spacial score (nSPS) is 10.8. The summed E-state index contributed by atoms with van der Waals surface area (Å²) in [6, 6.07) is 8.66. The molecule has 0 aliphatic heterocycles. The van der Waals surface area contributed by atoms with Crippen LogP contribution < -0.4 is 4.90 Å². The fraction of sp³-hybridized carbons (Fsp3) is 0.400. The van der Waals surface area contributed by atoms with E-state index in [1.54, 1.807) is 0 Å². The summed E-state index contributed by atoms with van der Waals surface area (Å²) in [6.45, 7) is 10.7. The van der Waals surface area contributed by atoms with E-state index in [-0.39, 0.29) is 0 Å². The monoisotopic (exact) mass is 228 g/mol. The number of hydrogen-bond donors (Lipinski definition) is 0. The summed E-state index contributed by atoms with van der Waals surface area (Å²) in [7, 11) is 0. The van der Waals surface area contributed by atoms with Crippen molar-refractivity contribution in [3.05, 3.63) is 35.5 Å². The molecule has 0 N–H and O–H groups in total. The second-order valence-electron chi connectivity index (χ2n) is 4.46. The number of rotatable bonds is 3. The Labute approximate surface area is 103 Å². The molecular formula is C15H20N2. The largest absolute Gasteiger partial charge is 0.372 e. The predicted molar refractivity (Wildman–Crippen MR) is 74.8 cm³/mol. The Kier molecular flexibility index (Phi) is 3.32. The number of hydrogen-bond acceptors (Lipinski definition) is 2. The van der Waals surface area contributed by atoms with Crippen LogP contribution in [-0.4, -0.2) is 18.1 Å². The maximum Gasteiger partial charge on any atom is 0.0725 e. The topological polar surface area (TPSA) is 16.1 Å². The molecule has 1 heterocycles. The van der Waals surface area contributed by atoms with Crippen LogP contribution in [0.25, 0.3) is 10.9 Å². The number of anilines is 1. The third-order valence-electron chi connectivity index (χ3n) is 3.25. The SMILES string of the molecule is CCN(CC)c1cc2nc(C)ccc2cc1C. The number of pyridine rings is 1. The summed E-state index contributed by atoms with van der Waals surface area (Å²) in [5.74, 6) is 0. The Morgan fingerprint density at radius 2 is 1.76 bits per heavy atom. The molecule has 0 aliphatic rings. The van der Waals surface area contributed by atoms with Crippen molar-refractivity contribution in [3.8, 4) is 0 Å². The van der Waals surface area contributed by atoms with E-state index in [4.69, 9.17) is 0 Å². The lowest BCUT2D eigenvalue weighted by molar-refractivity contribution is 0.862. The molecule has 2 rings (SSSR count). The minimum atomic E-state index is 1.04. The molecule has 2 heteroatoms. The number of nitrogens with zero attached hydrogens (tertiary/aromatic N) is 2. The molecule has 1 aromatic carbocycles. The molecule has 0 aliphatic carbocycles. The van der Waals surface area contributed by atoms with Gasteiger partial charge in [-0.15, -0.1) is 0 Å². The molecule has 2 nitrogen and oxygen atoms in total. The van der Waals surface area contributed by atoms with E-state index in [1.807, 2.05) is 6.92 Å². The quantitative estimate of drug-likeness (QED) is 0.796. The molecule has 0 spiro atoms. The molecular weight excluding hydrogens is 208 g/mol. The van der Waals surface area contributed by atoms with Gasteiger partial charge in [-0.1, -0.05) is 6.07 Å². The minimum Gasteiger partial charge on any atom is -0.372 e. The Bertz CT molecular complexity index is 528. The zero-order valence-corrected chi connectivity index (χ0v) is 11.1. The summed E-state index contributed by atoms with van der Waals surface area (Å²) in [5.41, 5.74) is 4.80. The first kappa shape index (κ1) is 11.9. The molecule has 0 bridgehead atoms. The van der Waals surface area contributed by atoms with Crippen molar-refractivity contribution < 1.29 is 0 Å². The number of benzene rings is 1. The Balaban J connectivity index is 2.60. The average Bonchev–Trinajstić information content (AvgIpc) is 2.32. The fourth-order valence-corrected chi connectivity index (χ4v) is 2.28. The van der Waals surface area contributed by atoms with Crippen LogP contribution in [0.4, 0.5) is 5.69 Å². The third kappa shape index (κ3) is 2.26. The van der Waals surface area contributed by atoms with Gasteiger partial charge in [0.05, 0.1) is 5.52 Å². The number of aryl methyl sites for hydroxylation is 2. The summed E-state index contributed by atoms with van der Waals surface area (Å²) < 4.78 is 0. The van der Waals surface area contributed by atoms with Gasteiger partial charge in [-0.25, -0.2) is 0 Å².